The molecule has 1 aliphatic rings. The van der Waals surface area contributed by atoms with Crippen LogP contribution in [-0.2, 0) is 0 Å². The van der Waals surface area contributed by atoms with Crippen molar-refractivity contribution in [3.8, 4) is 0 Å². The number of anilines is 2. The summed E-state index contributed by atoms with van der Waals surface area (Å²) in [6.07, 6.45) is 0. The molecule has 2 aromatic rings. The summed E-state index contributed by atoms with van der Waals surface area (Å²) in [6, 6.07) is 12.3. The van der Waals surface area contributed by atoms with Crippen LogP contribution in [0.4, 0.5) is 17.1 Å². The molecule has 1 heterocycles. The van der Waals surface area contributed by atoms with Gasteiger partial charge in [0.25, 0.3) is 5.69 Å². The molecule has 0 atom stereocenters. The molecule has 0 N–H and O–H groups in total. The molecule has 3 rings (SSSR count). The van der Waals surface area contributed by atoms with Crippen LogP contribution in [-0.4, -0.2) is 36.9 Å². The summed E-state index contributed by atoms with van der Waals surface area (Å²) < 4.78 is 0. The summed E-state index contributed by atoms with van der Waals surface area (Å²) in [6.45, 7) is 4.21. The number of ketones is 1. The molecule has 0 aromatic heterocycles. The quantitative estimate of drug-likeness (QED) is 0.472. The lowest BCUT2D eigenvalue weighted by molar-refractivity contribution is -0.384. The molecular formula is C18H18ClN3O3. The number of nitrogens with zero attached hydrogens (tertiary/aromatic N) is 3. The van der Waals surface area contributed by atoms with Crippen molar-refractivity contribution in [2.45, 2.75) is 6.92 Å². The Morgan fingerprint density at radius 1 is 1.08 bits per heavy atom. The van der Waals surface area contributed by atoms with Gasteiger partial charge in [-0.3, -0.25) is 14.9 Å². The largest absolute Gasteiger partial charge is 0.368 e. The van der Waals surface area contributed by atoms with E-state index < -0.39 is 4.92 Å². The van der Waals surface area contributed by atoms with Crippen LogP contribution in [0.5, 0.6) is 0 Å². The highest BCUT2D eigenvalue weighted by molar-refractivity contribution is 6.30. The smallest absolute Gasteiger partial charge is 0.293 e. The molecule has 1 saturated heterocycles. The minimum absolute atomic E-state index is 0.0242. The molecule has 6 nitrogen and oxygen atoms in total. The van der Waals surface area contributed by atoms with Crippen LogP contribution in [0.3, 0.4) is 0 Å². The first-order valence-corrected chi connectivity index (χ1v) is 8.38. The maximum Gasteiger partial charge on any atom is 0.293 e. The molecule has 1 aliphatic heterocycles. The second-order valence-corrected chi connectivity index (χ2v) is 6.41. The lowest BCUT2D eigenvalue weighted by Gasteiger charge is -2.37. The first kappa shape index (κ1) is 17.2. The fourth-order valence-corrected chi connectivity index (χ4v) is 3.22. The first-order chi connectivity index (χ1) is 12.0. The van der Waals surface area contributed by atoms with Crippen LogP contribution < -0.4 is 9.80 Å². The fraction of sp³-hybridized carbons (Fsp3) is 0.278. The van der Waals surface area contributed by atoms with Gasteiger partial charge in [0.15, 0.2) is 5.78 Å². The SMILES string of the molecule is CC(=O)c1ccc(N2CCN(c3cccc(Cl)c3)CC2)c([N+](=O)[O-])c1. The predicted molar refractivity (Wildman–Crippen MR) is 99.0 cm³/mol. The van der Waals surface area contributed by atoms with Gasteiger partial charge in [-0.05, 0) is 37.3 Å². The number of nitro groups is 1. The van der Waals surface area contributed by atoms with Gasteiger partial charge in [-0.15, -0.1) is 0 Å². The average molecular weight is 360 g/mol. The van der Waals surface area contributed by atoms with Crippen LogP contribution in [0.2, 0.25) is 5.02 Å². The van der Waals surface area contributed by atoms with E-state index in [1.807, 2.05) is 29.2 Å². The standard InChI is InChI=1S/C18H18ClN3O3/c1-13(23)14-5-6-17(18(11-14)22(24)25)21-9-7-20(8-10-21)16-4-2-3-15(19)12-16/h2-6,11-12H,7-10H2,1H3. The number of carbonyl (C=O) groups is 1. The Labute approximate surface area is 150 Å². The van der Waals surface area contributed by atoms with E-state index >= 15 is 0 Å². The molecule has 0 amide bonds. The minimum atomic E-state index is -0.425. The van der Waals surface area contributed by atoms with E-state index in [-0.39, 0.29) is 11.5 Å². The Kier molecular flexibility index (Phi) is 4.90. The van der Waals surface area contributed by atoms with Crippen LogP contribution in [0.1, 0.15) is 17.3 Å². The lowest BCUT2D eigenvalue weighted by Crippen LogP contribution is -2.46. The normalized spacial score (nSPS) is 14.5. The highest BCUT2D eigenvalue weighted by Crippen LogP contribution is 2.31. The first-order valence-electron chi connectivity index (χ1n) is 8.00. The minimum Gasteiger partial charge on any atom is -0.368 e. The zero-order valence-corrected chi connectivity index (χ0v) is 14.6. The van der Waals surface area contributed by atoms with Crippen molar-refractivity contribution in [2.24, 2.45) is 0 Å². The van der Waals surface area contributed by atoms with Gasteiger partial charge < -0.3 is 9.80 Å². The van der Waals surface area contributed by atoms with E-state index in [2.05, 4.69) is 4.90 Å². The summed E-state index contributed by atoms with van der Waals surface area (Å²) in [5, 5.41) is 12.1. The second-order valence-electron chi connectivity index (χ2n) is 5.97. The molecule has 2 aromatic carbocycles. The zero-order chi connectivity index (χ0) is 18.0. The third kappa shape index (κ3) is 3.74. The molecule has 7 heteroatoms. The van der Waals surface area contributed by atoms with Gasteiger partial charge in [0.2, 0.25) is 0 Å². The zero-order valence-electron chi connectivity index (χ0n) is 13.8. The molecule has 25 heavy (non-hydrogen) atoms. The van der Waals surface area contributed by atoms with Gasteiger partial charge in [-0.1, -0.05) is 17.7 Å². The Morgan fingerprint density at radius 3 is 2.36 bits per heavy atom. The number of hydrogen-bond acceptors (Lipinski definition) is 5. The van der Waals surface area contributed by atoms with Crippen molar-refractivity contribution in [1.82, 2.24) is 0 Å². The van der Waals surface area contributed by atoms with Crippen molar-refractivity contribution in [1.29, 1.82) is 0 Å². The number of benzene rings is 2. The third-order valence-electron chi connectivity index (χ3n) is 4.37. The van der Waals surface area contributed by atoms with Crippen molar-refractivity contribution in [3.63, 3.8) is 0 Å². The van der Waals surface area contributed by atoms with Crippen LogP contribution in [0.15, 0.2) is 42.5 Å². The van der Waals surface area contributed by atoms with Gasteiger partial charge in [0, 0.05) is 48.5 Å². The molecular weight excluding hydrogens is 342 g/mol. The lowest BCUT2D eigenvalue weighted by atomic mass is 10.1. The van der Waals surface area contributed by atoms with E-state index in [0.717, 1.165) is 18.8 Å². The summed E-state index contributed by atoms with van der Waals surface area (Å²) >= 11 is 6.05. The number of rotatable bonds is 4. The van der Waals surface area contributed by atoms with E-state index in [1.54, 1.807) is 12.1 Å². The molecule has 0 radical (unpaired) electrons. The van der Waals surface area contributed by atoms with Gasteiger partial charge >= 0.3 is 0 Å². The number of piperazine rings is 1. The van der Waals surface area contributed by atoms with Crippen molar-refractivity contribution >= 4 is 34.4 Å². The Morgan fingerprint density at radius 2 is 1.76 bits per heavy atom. The third-order valence-corrected chi connectivity index (χ3v) is 4.61. The van der Waals surface area contributed by atoms with Crippen LogP contribution in [0, 0.1) is 10.1 Å². The Bertz CT molecular complexity index is 817. The summed E-state index contributed by atoms with van der Waals surface area (Å²) in [5.74, 6) is -0.180. The summed E-state index contributed by atoms with van der Waals surface area (Å²) in [4.78, 5) is 26.7. The fourth-order valence-electron chi connectivity index (χ4n) is 3.03. The molecule has 130 valence electrons. The maximum atomic E-state index is 11.5. The molecule has 1 fully saturated rings. The van der Waals surface area contributed by atoms with Crippen molar-refractivity contribution in [3.05, 3.63) is 63.2 Å². The number of Topliss-reactive ketones (excluding diaryl/α,β-unsaturated/α-hetero) is 1. The number of nitro benzene ring substituents is 1. The van der Waals surface area contributed by atoms with Crippen LogP contribution in [0.25, 0.3) is 0 Å². The van der Waals surface area contributed by atoms with Crippen molar-refractivity contribution in [2.75, 3.05) is 36.0 Å². The van der Waals surface area contributed by atoms with Gasteiger partial charge in [-0.2, -0.15) is 0 Å². The Hall–Kier alpha value is -2.60. The number of hydrogen-bond donors (Lipinski definition) is 0. The van der Waals surface area contributed by atoms with Crippen LogP contribution >= 0.6 is 11.6 Å². The van der Waals surface area contributed by atoms with E-state index in [1.165, 1.54) is 13.0 Å². The summed E-state index contributed by atoms with van der Waals surface area (Å²) in [5.41, 5.74) is 1.94. The average Bonchev–Trinajstić information content (AvgIpc) is 2.61. The molecule has 0 spiro atoms. The van der Waals surface area contributed by atoms with Crippen molar-refractivity contribution < 1.29 is 9.72 Å². The number of halogens is 1. The topological polar surface area (TPSA) is 66.7 Å². The van der Waals surface area contributed by atoms with Gasteiger partial charge in [0.1, 0.15) is 5.69 Å². The highest BCUT2D eigenvalue weighted by atomic mass is 35.5. The summed E-state index contributed by atoms with van der Waals surface area (Å²) in [7, 11) is 0. The monoisotopic (exact) mass is 359 g/mol. The van der Waals surface area contributed by atoms with E-state index in [4.69, 9.17) is 11.6 Å². The number of carbonyl (C=O) groups excluding carboxylic acids is 1. The molecule has 0 bridgehead atoms. The highest BCUT2D eigenvalue weighted by Gasteiger charge is 2.24. The molecule has 0 aliphatic carbocycles. The second kappa shape index (κ2) is 7.11. The Balaban J connectivity index is 1.78. The van der Waals surface area contributed by atoms with E-state index in [0.29, 0.717) is 29.4 Å². The molecule has 0 saturated carbocycles. The van der Waals surface area contributed by atoms with Gasteiger partial charge in [-0.25, -0.2) is 0 Å². The predicted octanol–water partition coefficient (Wildman–Crippen LogP) is 3.78. The van der Waals surface area contributed by atoms with E-state index in [9.17, 15) is 14.9 Å². The van der Waals surface area contributed by atoms with Gasteiger partial charge in [0.05, 0.1) is 4.92 Å². The maximum absolute atomic E-state index is 11.5. The molecule has 0 unspecified atom stereocenters.